The summed E-state index contributed by atoms with van der Waals surface area (Å²) in [7, 11) is 0. The highest BCUT2D eigenvalue weighted by Gasteiger charge is 2.13. The van der Waals surface area contributed by atoms with Gasteiger partial charge in [-0.3, -0.25) is 9.59 Å². The Morgan fingerprint density at radius 2 is 1.56 bits per heavy atom. The molecule has 0 aliphatic rings. The van der Waals surface area contributed by atoms with E-state index in [1.165, 1.54) is 0 Å². The lowest BCUT2D eigenvalue weighted by Crippen LogP contribution is -2.35. The second-order valence-corrected chi connectivity index (χ2v) is 8.23. The van der Waals surface area contributed by atoms with Gasteiger partial charge >= 0.3 is 5.97 Å². The van der Waals surface area contributed by atoms with E-state index < -0.39 is 18.5 Å². The predicted octanol–water partition coefficient (Wildman–Crippen LogP) is 3.95. The lowest BCUT2D eigenvalue weighted by molar-refractivity contribution is -0.126. The molecule has 0 aliphatic heterocycles. The number of hydrogen-bond acceptors (Lipinski definition) is 5. The molecule has 0 atom stereocenters. The fourth-order valence-electron chi connectivity index (χ4n) is 3.10. The molecule has 0 fully saturated rings. The molecule has 0 saturated heterocycles. The summed E-state index contributed by atoms with van der Waals surface area (Å²) < 4.78 is 10.6. The van der Waals surface area contributed by atoms with Crippen LogP contribution in [0.5, 0.6) is 5.75 Å². The summed E-state index contributed by atoms with van der Waals surface area (Å²) in [5.74, 6) is -0.307. The number of aryl methyl sites for hydroxylation is 3. The van der Waals surface area contributed by atoms with E-state index in [9.17, 15) is 14.4 Å². The van der Waals surface area contributed by atoms with E-state index in [1.54, 1.807) is 24.3 Å². The van der Waals surface area contributed by atoms with Gasteiger partial charge in [0, 0.05) is 5.69 Å². The van der Waals surface area contributed by atoms with Gasteiger partial charge in [0.2, 0.25) is 5.91 Å². The summed E-state index contributed by atoms with van der Waals surface area (Å²) >= 11 is 0. The Morgan fingerprint density at radius 1 is 0.938 bits per heavy atom. The summed E-state index contributed by atoms with van der Waals surface area (Å²) in [5.41, 5.74) is 4.07. The molecule has 0 heterocycles. The number of benzene rings is 2. The first-order chi connectivity index (χ1) is 15.2. The number of rotatable bonds is 10. The summed E-state index contributed by atoms with van der Waals surface area (Å²) in [5, 5.41) is 5.26. The lowest BCUT2D eigenvalue weighted by atomic mass is 10.1. The molecular weight excluding hydrogens is 408 g/mol. The van der Waals surface area contributed by atoms with Gasteiger partial charge in [-0.1, -0.05) is 31.5 Å². The normalized spacial score (nSPS) is 10.6. The van der Waals surface area contributed by atoms with Crippen LogP contribution in [-0.4, -0.2) is 37.5 Å². The molecule has 32 heavy (non-hydrogen) atoms. The van der Waals surface area contributed by atoms with Crippen molar-refractivity contribution in [3.05, 3.63) is 58.7 Å². The molecule has 2 aromatic carbocycles. The van der Waals surface area contributed by atoms with Crippen molar-refractivity contribution in [3.63, 3.8) is 0 Å². The van der Waals surface area contributed by atoms with Gasteiger partial charge in [0.05, 0.1) is 18.7 Å². The summed E-state index contributed by atoms with van der Waals surface area (Å²) in [4.78, 5) is 36.2. The van der Waals surface area contributed by atoms with Crippen molar-refractivity contribution < 1.29 is 23.9 Å². The van der Waals surface area contributed by atoms with Crippen molar-refractivity contribution in [3.8, 4) is 5.75 Å². The van der Waals surface area contributed by atoms with Crippen LogP contribution >= 0.6 is 0 Å². The van der Waals surface area contributed by atoms with Crippen LogP contribution in [0, 0.1) is 26.7 Å². The first kappa shape index (κ1) is 24.9. The maximum Gasteiger partial charge on any atom is 0.338 e. The maximum absolute atomic E-state index is 12.2. The number of amides is 2. The average molecular weight is 441 g/mol. The van der Waals surface area contributed by atoms with Crippen LogP contribution in [0.3, 0.4) is 0 Å². The monoisotopic (exact) mass is 440 g/mol. The van der Waals surface area contributed by atoms with E-state index >= 15 is 0 Å². The van der Waals surface area contributed by atoms with E-state index in [0.717, 1.165) is 28.8 Å². The quantitative estimate of drug-likeness (QED) is 0.546. The minimum Gasteiger partial charge on any atom is -0.494 e. The molecule has 0 saturated carbocycles. The van der Waals surface area contributed by atoms with Crippen molar-refractivity contribution in [2.45, 2.75) is 41.0 Å². The maximum atomic E-state index is 12.2. The third-order valence-corrected chi connectivity index (χ3v) is 4.78. The number of esters is 1. The Kier molecular flexibility index (Phi) is 9.25. The van der Waals surface area contributed by atoms with Gasteiger partial charge < -0.3 is 20.1 Å². The Hall–Kier alpha value is -3.35. The van der Waals surface area contributed by atoms with Crippen LogP contribution in [0.4, 0.5) is 5.69 Å². The van der Waals surface area contributed by atoms with Gasteiger partial charge in [-0.05, 0) is 68.5 Å². The minimum absolute atomic E-state index is 0.217. The van der Waals surface area contributed by atoms with E-state index in [-0.39, 0.29) is 12.5 Å². The Labute approximate surface area is 189 Å². The highest BCUT2D eigenvalue weighted by molar-refractivity contribution is 5.96. The molecule has 0 aliphatic carbocycles. The standard InChI is InChI=1S/C25H32N2O5/c1-16(2)10-11-31-21-8-6-20(7-9-21)25(30)32-15-23(29)26-14-22(28)27-24-18(4)12-17(3)13-19(24)5/h6-9,12-13,16H,10-11,14-15H2,1-5H3,(H,26,29)(H,27,28). The molecule has 7 heteroatoms. The lowest BCUT2D eigenvalue weighted by Gasteiger charge is -2.13. The van der Waals surface area contributed by atoms with E-state index in [2.05, 4.69) is 24.5 Å². The minimum atomic E-state index is -0.621. The van der Waals surface area contributed by atoms with Crippen molar-refractivity contribution in [2.24, 2.45) is 5.92 Å². The summed E-state index contributed by atoms with van der Waals surface area (Å²) in [6, 6.07) is 10.5. The van der Waals surface area contributed by atoms with Crippen molar-refractivity contribution in [1.82, 2.24) is 5.32 Å². The van der Waals surface area contributed by atoms with E-state index in [0.29, 0.717) is 23.8 Å². The molecule has 2 amide bonds. The molecule has 2 rings (SSSR count). The second kappa shape index (κ2) is 11.9. The van der Waals surface area contributed by atoms with Gasteiger partial charge in [-0.2, -0.15) is 0 Å². The van der Waals surface area contributed by atoms with Crippen LogP contribution in [0.25, 0.3) is 0 Å². The van der Waals surface area contributed by atoms with Gasteiger partial charge in [-0.15, -0.1) is 0 Å². The van der Waals surface area contributed by atoms with Gasteiger partial charge in [0.1, 0.15) is 5.75 Å². The second-order valence-electron chi connectivity index (χ2n) is 8.23. The summed E-state index contributed by atoms with van der Waals surface area (Å²) in [6.45, 7) is 9.98. The zero-order valence-electron chi connectivity index (χ0n) is 19.4. The molecule has 0 spiro atoms. The molecule has 0 aromatic heterocycles. The van der Waals surface area contributed by atoms with Gasteiger partial charge in [0.15, 0.2) is 6.61 Å². The number of anilines is 1. The molecule has 7 nitrogen and oxygen atoms in total. The number of ether oxygens (including phenoxy) is 2. The van der Waals surface area contributed by atoms with Gasteiger partial charge in [0.25, 0.3) is 5.91 Å². The fraction of sp³-hybridized carbons (Fsp3) is 0.400. The van der Waals surface area contributed by atoms with Crippen LogP contribution < -0.4 is 15.4 Å². The predicted molar refractivity (Wildman–Crippen MR) is 124 cm³/mol. The first-order valence-corrected chi connectivity index (χ1v) is 10.7. The topological polar surface area (TPSA) is 93.7 Å². The SMILES string of the molecule is Cc1cc(C)c(NC(=O)CNC(=O)COC(=O)c2ccc(OCCC(C)C)cc2)c(C)c1. The number of nitrogens with one attached hydrogen (secondary N) is 2. The molecule has 0 bridgehead atoms. The third-order valence-electron chi connectivity index (χ3n) is 4.78. The smallest absolute Gasteiger partial charge is 0.338 e. The molecule has 172 valence electrons. The molecule has 2 N–H and O–H groups in total. The molecule has 2 aromatic rings. The van der Waals surface area contributed by atoms with Crippen molar-refractivity contribution in [2.75, 3.05) is 25.1 Å². The van der Waals surface area contributed by atoms with Crippen molar-refractivity contribution in [1.29, 1.82) is 0 Å². The number of carbonyl (C=O) groups excluding carboxylic acids is 3. The molecule has 0 unspecified atom stereocenters. The Balaban J connectivity index is 1.74. The number of carbonyl (C=O) groups is 3. The number of hydrogen-bond donors (Lipinski definition) is 2. The third kappa shape index (κ3) is 8.06. The summed E-state index contributed by atoms with van der Waals surface area (Å²) in [6.07, 6.45) is 0.946. The first-order valence-electron chi connectivity index (χ1n) is 10.7. The Bertz CT molecular complexity index is 928. The van der Waals surface area contributed by atoms with Crippen LogP contribution in [-0.2, 0) is 14.3 Å². The zero-order chi connectivity index (χ0) is 23.7. The molecule has 0 radical (unpaired) electrons. The van der Waals surface area contributed by atoms with E-state index in [4.69, 9.17) is 9.47 Å². The van der Waals surface area contributed by atoms with Crippen LogP contribution in [0.1, 0.15) is 47.3 Å². The largest absolute Gasteiger partial charge is 0.494 e. The fourth-order valence-corrected chi connectivity index (χ4v) is 3.10. The van der Waals surface area contributed by atoms with Crippen LogP contribution in [0.15, 0.2) is 36.4 Å². The average Bonchev–Trinajstić information content (AvgIpc) is 2.73. The highest BCUT2D eigenvalue weighted by Crippen LogP contribution is 2.21. The van der Waals surface area contributed by atoms with Crippen molar-refractivity contribution >= 4 is 23.5 Å². The zero-order valence-corrected chi connectivity index (χ0v) is 19.4. The van der Waals surface area contributed by atoms with Gasteiger partial charge in [-0.25, -0.2) is 4.79 Å². The van der Waals surface area contributed by atoms with Crippen LogP contribution in [0.2, 0.25) is 0 Å². The highest BCUT2D eigenvalue weighted by atomic mass is 16.5. The molecular formula is C25H32N2O5. The Morgan fingerprint density at radius 3 is 2.16 bits per heavy atom. The van der Waals surface area contributed by atoms with E-state index in [1.807, 2.05) is 32.9 Å².